The molecule has 0 aliphatic carbocycles. The van der Waals surface area contributed by atoms with E-state index in [1.54, 1.807) is 7.11 Å². The van der Waals surface area contributed by atoms with Crippen molar-refractivity contribution in [2.45, 2.75) is 24.4 Å². The van der Waals surface area contributed by atoms with E-state index >= 15 is 0 Å². The van der Waals surface area contributed by atoms with Crippen molar-refractivity contribution in [2.24, 2.45) is 5.92 Å². The fourth-order valence-corrected chi connectivity index (χ4v) is 5.11. The average molecular weight is 515 g/mol. The van der Waals surface area contributed by atoms with Gasteiger partial charge in [0.25, 0.3) is 5.56 Å². The predicted molar refractivity (Wildman–Crippen MR) is 142 cm³/mol. The topological polar surface area (TPSA) is 103 Å². The third kappa shape index (κ3) is 4.93. The first-order chi connectivity index (χ1) is 18.5. The van der Waals surface area contributed by atoms with Gasteiger partial charge in [-0.3, -0.25) is 14.3 Å². The normalized spacial score (nSPS) is 19.4. The molecule has 3 atom stereocenters. The monoisotopic (exact) mass is 514 g/mol. The fraction of sp³-hybridized carbons (Fsp3) is 0.267. The van der Waals surface area contributed by atoms with Crippen molar-refractivity contribution in [3.63, 3.8) is 0 Å². The van der Waals surface area contributed by atoms with E-state index < -0.39 is 29.2 Å². The molecule has 1 aliphatic heterocycles. The maximum atomic E-state index is 12.4. The van der Waals surface area contributed by atoms with Gasteiger partial charge in [-0.05, 0) is 28.8 Å². The second-order valence-electron chi connectivity index (χ2n) is 9.28. The van der Waals surface area contributed by atoms with Crippen LogP contribution in [-0.4, -0.2) is 41.1 Å². The van der Waals surface area contributed by atoms with Gasteiger partial charge in [0.15, 0.2) is 0 Å². The van der Waals surface area contributed by atoms with Crippen LogP contribution < -0.4 is 16.0 Å². The summed E-state index contributed by atoms with van der Waals surface area (Å²) < 4.78 is 19.9. The molecule has 8 nitrogen and oxygen atoms in total. The van der Waals surface area contributed by atoms with Crippen LogP contribution in [0.4, 0.5) is 0 Å². The number of aliphatic hydroxyl groups excluding tert-OH is 1. The number of ether oxygens (including phenoxy) is 3. The molecule has 1 saturated heterocycles. The Kier molecular flexibility index (Phi) is 7.55. The highest BCUT2D eigenvalue weighted by Crippen LogP contribution is 2.42. The van der Waals surface area contributed by atoms with Gasteiger partial charge in [0.05, 0.1) is 19.8 Å². The Balaban J connectivity index is 1.53. The van der Waals surface area contributed by atoms with Gasteiger partial charge in [-0.25, -0.2) is 4.79 Å². The molecule has 5 rings (SSSR count). The lowest BCUT2D eigenvalue weighted by Crippen LogP contribution is -2.37. The van der Waals surface area contributed by atoms with Crippen LogP contribution in [0.3, 0.4) is 0 Å². The summed E-state index contributed by atoms with van der Waals surface area (Å²) in [6.45, 7) is 0.0183. The standard InChI is InChI=1S/C30H30N2O6/c1-36-25-14-12-24(13-15-25)30(22-8-4-2-5-9-22,23-10-6-3-7-11-23)37-20-26-21(19-33)18-28(38-26)32-17-16-27(34)31-29(32)35/h2-17,21,26,28,33H,18-20H2,1H3,(H,31,34,35)/t21-,26-,28-/m1/s1. The second-order valence-corrected chi connectivity index (χ2v) is 9.28. The van der Waals surface area contributed by atoms with Crippen LogP contribution in [0.5, 0.6) is 5.75 Å². The molecule has 38 heavy (non-hydrogen) atoms. The van der Waals surface area contributed by atoms with Gasteiger partial charge in [0.2, 0.25) is 0 Å². The lowest BCUT2D eigenvalue weighted by Gasteiger charge is -2.37. The molecule has 1 aliphatic rings. The van der Waals surface area contributed by atoms with E-state index in [2.05, 4.69) is 4.98 Å². The number of aromatic nitrogens is 2. The quantitative estimate of drug-likeness (QED) is 0.332. The first-order valence-corrected chi connectivity index (χ1v) is 12.5. The van der Waals surface area contributed by atoms with E-state index in [1.165, 1.54) is 16.8 Å². The van der Waals surface area contributed by atoms with Crippen LogP contribution in [0.25, 0.3) is 0 Å². The second kappa shape index (κ2) is 11.2. The molecule has 0 amide bonds. The highest BCUT2D eigenvalue weighted by Gasteiger charge is 2.42. The van der Waals surface area contributed by atoms with Gasteiger partial charge in [-0.1, -0.05) is 72.8 Å². The van der Waals surface area contributed by atoms with Crippen molar-refractivity contribution < 1.29 is 19.3 Å². The predicted octanol–water partition coefficient (Wildman–Crippen LogP) is 3.45. The van der Waals surface area contributed by atoms with Gasteiger partial charge in [0.1, 0.15) is 17.6 Å². The minimum absolute atomic E-state index is 0.130. The third-order valence-corrected chi connectivity index (χ3v) is 7.08. The van der Waals surface area contributed by atoms with E-state index in [9.17, 15) is 14.7 Å². The highest BCUT2D eigenvalue weighted by molar-refractivity contribution is 5.48. The van der Waals surface area contributed by atoms with Gasteiger partial charge in [-0.15, -0.1) is 0 Å². The SMILES string of the molecule is COc1ccc(C(OC[C@H]2O[C@@H](n3ccc(=O)[nH]c3=O)C[C@@H]2CO)(c2ccccc2)c2ccccc2)cc1. The molecule has 2 heterocycles. The van der Waals surface area contributed by atoms with Crippen molar-refractivity contribution in [3.05, 3.63) is 135 Å². The number of hydrogen-bond donors (Lipinski definition) is 2. The van der Waals surface area contributed by atoms with E-state index in [4.69, 9.17) is 14.2 Å². The summed E-state index contributed by atoms with van der Waals surface area (Å²) in [4.78, 5) is 26.2. The summed E-state index contributed by atoms with van der Waals surface area (Å²) in [5, 5.41) is 10.2. The Hall–Kier alpha value is -3.98. The largest absolute Gasteiger partial charge is 0.497 e. The Morgan fingerprint density at radius 3 is 2.08 bits per heavy atom. The summed E-state index contributed by atoms with van der Waals surface area (Å²) >= 11 is 0. The Morgan fingerprint density at radius 1 is 0.921 bits per heavy atom. The van der Waals surface area contributed by atoms with Crippen molar-refractivity contribution in [1.29, 1.82) is 0 Å². The van der Waals surface area contributed by atoms with Crippen LogP contribution in [0, 0.1) is 5.92 Å². The number of rotatable bonds is 9. The molecule has 0 saturated carbocycles. The molecule has 3 aromatic carbocycles. The molecule has 0 radical (unpaired) electrons. The molecule has 2 N–H and O–H groups in total. The number of aliphatic hydroxyl groups is 1. The maximum absolute atomic E-state index is 12.4. The van der Waals surface area contributed by atoms with Crippen LogP contribution in [0.15, 0.2) is 107 Å². The smallest absolute Gasteiger partial charge is 0.330 e. The first kappa shape index (κ1) is 25.7. The van der Waals surface area contributed by atoms with E-state index in [0.717, 1.165) is 22.4 Å². The zero-order valence-corrected chi connectivity index (χ0v) is 21.0. The molecule has 4 aromatic rings. The molecule has 196 valence electrons. The summed E-state index contributed by atoms with van der Waals surface area (Å²) in [6, 6.07) is 29.0. The molecular weight excluding hydrogens is 484 g/mol. The van der Waals surface area contributed by atoms with E-state index in [0.29, 0.717) is 6.42 Å². The highest BCUT2D eigenvalue weighted by atomic mass is 16.6. The van der Waals surface area contributed by atoms with Crippen LogP contribution >= 0.6 is 0 Å². The summed E-state index contributed by atoms with van der Waals surface area (Å²) in [5.74, 6) is 0.469. The zero-order valence-electron chi connectivity index (χ0n) is 21.0. The number of H-pyrrole nitrogens is 1. The molecule has 0 spiro atoms. The first-order valence-electron chi connectivity index (χ1n) is 12.5. The van der Waals surface area contributed by atoms with Crippen molar-refractivity contribution in [2.75, 3.05) is 20.3 Å². The Bertz CT molecular complexity index is 1410. The fourth-order valence-electron chi connectivity index (χ4n) is 5.11. The van der Waals surface area contributed by atoms with Crippen molar-refractivity contribution >= 4 is 0 Å². The number of methoxy groups -OCH3 is 1. The van der Waals surface area contributed by atoms with Gasteiger partial charge < -0.3 is 19.3 Å². The molecular formula is C30H30N2O6. The minimum Gasteiger partial charge on any atom is -0.497 e. The zero-order chi connectivity index (χ0) is 26.5. The number of nitrogens with zero attached hydrogens (tertiary/aromatic N) is 1. The van der Waals surface area contributed by atoms with Crippen LogP contribution in [0.1, 0.15) is 29.3 Å². The molecule has 0 unspecified atom stereocenters. The third-order valence-electron chi connectivity index (χ3n) is 7.08. The number of aromatic amines is 1. The lowest BCUT2D eigenvalue weighted by atomic mass is 9.80. The molecule has 1 aromatic heterocycles. The van der Waals surface area contributed by atoms with Gasteiger partial charge in [-0.2, -0.15) is 0 Å². The van der Waals surface area contributed by atoms with Crippen LogP contribution in [0.2, 0.25) is 0 Å². The minimum atomic E-state index is -0.981. The lowest BCUT2D eigenvalue weighted by molar-refractivity contribution is -0.0876. The number of benzene rings is 3. The summed E-state index contributed by atoms with van der Waals surface area (Å²) in [6.07, 6.45) is 0.699. The summed E-state index contributed by atoms with van der Waals surface area (Å²) in [7, 11) is 1.63. The van der Waals surface area contributed by atoms with Crippen LogP contribution in [-0.2, 0) is 15.1 Å². The number of hydrogen-bond acceptors (Lipinski definition) is 6. The molecule has 0 bridgehead atoms. The molecule has 1 fully saturated rings. The Labute approximate surface area is 220 Å². The van der Waals surface area contributed by atoms with E-state index in [1.807, 2.05) is 84.9 Å². The van der Waals surface area contributed by atoms with Crippen molar-refractivity contribution in [3.8, 4) is 5.75 Å². The maximum Gasteiger partial charge on any atom is 0.330 e. The van der Waals surface area contributed by atoms with Gasteiger partial charge in [0, 0.05) is 31.2 Å². The Morgan fingerprint density at radius 2 is 1.53 bits per heavy atom. The molecule has 8 heteroatoms. The average Bonchev–Trinajstić information content (AvgIpc) is 3.38. The van der Waals surface area contributed by atoms with E-state index in [-0.39, 0.29) is 19.1 Å². The van der Waals surface area contributed by atoms with Crippen molar-refractivity contribution in [1.82, 2.24) is 9.55 Å². The number of nitrogens with one attached hydrogen (secondary N) is 1. The van der Waals surface area contributed by atoms with Gasteiger partial charge >= 0.3 is 5.69 Å². The summed E-state index contributed by atoms with van der Waals surface area (Å²) in [5.41, 5.74) is 0.763.